The molecule has 0 saturated heterocycles. The predicted octanol–water partition coefficient (Wildman–Crippen LogP) is 2.13. The quantitative estimate of drug-likeness (QED) is 0.666. The van der Waals surface area contributed by atoms with E-state index in [4.69, 9.17) is 11.0 Å². The summed E-state index contributed by atoms with van der Waals surface area (Å²) in [6.45, 7) is 0. The molecule has 20 heavy (non-hydrogen) atoms. The smallest absolute Gasteiger partial charge is 0.220 e. The highest BCUT2D eigenvalue weighted by atomic mass is 32.2. The van der Waals surface area contributed by atoms with Crippen LogP contribution in [0.4, 0.5) is 14.4 Å². The Kier molecular flexibility index (Phi) is 4.07. The molecule has 0 fully saturated rings. The van der Waals surface area contributed by atoms with Crippen LogP contribution in [0.15, 0.2) is 40.2 Å². The van der Waals surface area contributed by atoms with Crippen molar-refractivity contribution in [1.82, 2.24) is 0 Å². The number of nitrogens with two attached hydrogens (primary N) is 1. The van der Waals surface area contributed by atoms with Gasteiger partial charge in [0.05, 0.1) is 5.56 Å². The largest absolute Gasteiger partial charge is 0.389 e. The molecule has 2 N–H and O–H groups in total. The van der Waals surface area contributed by atoms with Gasteiger partial charge in [-0.1, -0.05) is 17.4 Å². The molecule has 0 aliphatic heterocycles. The summed E-state index contributed by atoms with van der Waals surface area (Å²) in [5.74, 6) is 0. The standard InChI is InChI=1S/C11H7FN4O2S2/c12-10-7(2-1-3-8(10)20(17)18)15-16-9-4-6(5-13)11(14)19-9/h1-4,10H,14H2. The molecule has 1 aromatic rings. The summed E-state index contributed by atoms with van der Waals surface area (Å²) in [6, 6.07) is 3.31. The van der Waals surface area contributed by atoms with E-state index < -0.39 is 21.3 Å². The molecule has 0 spiro atoms. The second kappa shape index (κ2) is 5.77. The number of nitrogens with zero attached hydrogens (tertiary/aromatic N) is 3. The van der Waals surface area contributed by atoms with Gasteiger partial charge < -0.3 is 5.73 Å². The van der Waals surface area contributed by atoms with Crippen molar-refractivity contribution in [1.29, 1.82) is 5.26 Å². The van der Waals surface area contributed by atoms with Crippen molar-refractivity contribution >= 4 is 36.5 Å². The van der Waals surface area contributed by atoms with Gasteiger partial charge in [0.2, 0.25) is 10.3 Å². The number of anilines is 1. The Morgan fingerprint density at radius 2 is 2.20 bits per heavy atom. The average molecular weight is 310 g/mol. The summed E-state index contributed by atoms with van der Waals surface area (Å²) in [6.07, 6.45) is 2.00. The van der Waals surface area contributed by atoms with Crippen molar-refractivity contribution < 1.29 is 12.8 Å². The zero-order chi connectivity index (χ0) is 14.7. The van der Waals surface area contributed by atoms with Crippen LogP contribution in [0.25, 0.3) is 0 Å². The van der Waals surface area contributed by atoms with E-state index >= 15 is 0 Å². The fraction of sp³-hybridized carbons (Fsp3) is 0.0909. The first-order valence-electron chi connectivity index (χ1n) is 5.22. The molecule has 1 unspecified atom stereocenters. The fourth-order valence-corrected chi connectivity index (χ4v) is 2.59. The van der Waals surface area contributed by atoms with E-state index in [9.17, 15) is 12.8 Å². The summed E-state index contributed by atoms with van der Waals surface area (Å²) >= 11 is 1.03. The second-order valence-electron chi connectivity index (χ2n) is 3.62. The highest BCUT2D eigenvalue weighted by Crippen LogP contribution is 2.32. The molecule has 0 radical (unpaired) electrons. The minimum absolute atomic E-state index is 0.128. The van der Waals surface area contributed by atoms with Crippen LogP contribution in [0, 0.1) is 11.3 Å². The molecule has 1 aliphatic rings. The van der Waals surface area contributed by atoms with Gasteiger partial charge in [0, 0.05) is 0 Å². The van der Waals surface area contributed by atoms with Crippen LogP contribution >= 0.6 is 11.3 Å². The Morgan fingerprint density at radius 1 is 1.45 bits per heavy atom. The molecule has 9 heteroatoms. The van der Waals surface area contributed by atoms with Crippen molar-refractivity contribution in [2.75, 3.05) is 5.73 Å². The van der Waals surface area contributed by atoms with E-state index in [2.05, 4.69) is 10.2 Å². The van der Waals surface area contributed by atoms with Crippen LogP contribution in [0.5, 0.6) is 0 Å². The summed E-state index contributed by atoms with van der Waals surface area (Å²) < 4.78 is 35.4. The summed E-state index contributed by atoms with van der Waals surface area (Å²) in [4.78, 5) is -0.398. The van der Waals surface area contributed by atoms with Crippen LogP contribution in [0.3, 0.4) is 0 Å². The van der Waals surface area contributed by atoms with E-state index in [0.717, 1.165) is 17.4 Å². The fourth-order valence-electron chi connectivity index (χ4n) is 1.42. The molecule has 1 aliphatic carbocycles. The molecule has 6 nitrogen and oxygen atoms in total. The monoisotopic (exact) mass is 310 g/mol. The van der Waals surface area contributed by atoms with E-state index in [1.54, 1.807) is 0 Å². The lowest BCUT2D eigenvalue weighted by Gasteiger charge is -2.08. The molecule has 102 valence electrons. The number of alkyl halides is 1. The molecule has 1 aromatic heterocycles. The first-order chi connectivity index (χ1) is 9.52. The number of rotatable bonds is 2. The molecule has 0 amide bonds. The van der Waals surface area contributed by atoms with Gasteiger partial charge in [-0.25, -0.2) is 4.39 Å². The van der Waals surface area contributed by atoms with E-state index in [1.807, 2.05) is 6.07 Å². The third kappa shape index (κ3) is 2.81. The summed E-state index contributed by atoms with van der Waals surface area (Å²) in [5, 5.41) is 16.8. The van der Waals surface area contributed by atoms with Gasteiger partial charge in [0.1, 0.15) is 26.6 Å². The molecule has 0 aromatic carbocycles. The minimum atomic E-state index is -2.65. The first kappa shape index (κ1) is 14.1. The maximum absolute atomic E-state index is 13.8. The molecule has 1 heterocycles. The molecular weight excluding hydrogens is 303 g/mol. The van der Waals surface area contributed by atoms with Crippen LogP contribution in [-0.2, 0) is 10.3 Å². The number of hydrogen-bond acceptors (Lipinski definition) is 7. The average Bonchev–Trinajstić information content (AvgIpc) is 2.77. The van der Waals surface area contributed by atoms with Crippen molar-refractivity contribution in [2.24, 2.45) is 10.2 Å². The lowest BCUT2D eigenvalue weighted by atomic mass is 10.1. The predicted molar refractivity (Wildman–Crippen MR) is 74.0 cm³/mol. The van der Waals surface area contributed by atoms with Gasteiger partial charge >= 0.3 is 0 Å². The summed E-state index contributed by atoms with van der Waals surface area (Å²) in [7, 11) is -2.65. The molecule has 0 saturated carbocycles. The van der Waals surface area contributed by atoms with E-state index in [-0.39, 0.29) is 11.3 Å². The lowest BCUT2D eigenvalue weighted by Crippen LogP contribution is -2.18. The third-order valence-corrected chi connectivity index (χ3v) is 3.94. The third-order valence-electron chi connectivity index (χ3n) is 2.36. The van der Waals surface area contributed by atoms with Gasteiger partial charge in [0.25, 0.3) is 0 Å². The van der Waals surface area contributed by atoms with Gasteiger partial charge in [-0.2, -0.15) is 18.8 Å². The summed E-state index contributed by atoms with van der Waals surface area (Å²) in [5.41, 5.74) is 5.70. The first-order valence-corrected chi connectivity index (χ1v) is 7.11. The lowest BCUT2D eigenvalue weighted by molar-refractivity contribution is 0.470. The van der Waals surface area contributed by atoms with Gasteiger partial charge in [-0.15, -0.1) is 5.11 Å². The van der Waals surface area contributed by atoms with Crippen LogP contribution in [-0.4, -0.2) is 19.5 Å². The Hall–Kier alpha value is -2.31. The van der Waals surface area contributed by atoms with Crippen molar-refractivity contribution in [2.45, 2.75) is 6.17 Å². The van der Waals surface area contributed by atoms with Crippen molar-refractivity contribution in [3.8, 4) is 6.07 Å². The van der Waals surface area contributed by atoms with Gasteiger partial charge in [-0.05, 0) is 18.2 Å². The Labute approximate surface area is 118 Å². The van der Waals surface area contributed by atoms with E-state index in [0.29, 0.717) is 10.0 Å². The zero-order valence-corrected chi connectivity index (χ0v) is 11.4. The number of nitriles is 1. The van der Waals surface area contributed by atoms with Crippen LogP contribution < -0.4 is 5.73 Å². The Bertz CT molecular complexity index is 804. The number of azo groups is 1. The number of hydrogen-bond donors (Lipinski definition) is 1. The topological polar surface area (TPSA) is 109 Å². The highest BCUT2D eigenvalue weighted by molar-refractivity contribution is 7.73. The van der Waals surface area contributed by atoms with Gasteiger partial charge in [-0.3, -0.25) is 0 Å². The van der Waals surface area contributed by atoms with Crippen molar-refractivity contribution in [3.05, 3.63) is 35.6 Å². The molecular formula is C11H7FN4O2S2. The highest BCUT2D eigenvalue weighted by Gasteiger charge is 2.22. The second-order valence-corrected chi connectivity index (χ2v) is 5.63. The number of halogens is 1. The number of nitrogen functional groups attached to an aromatic ring is 1. The maximum atomic E-state index is 13.8. The molecule has 0 bridgehead atoms. The Morgan fingerprint density at radius 3 is 2.80 bits per heavy atom. The normalized spacial score (nSPS) is 18.1. The van der Waals surface area contributed by atoms with Gasteiger partial charge in [0.15, 0.2) is 6.17 Å². The van der Waals surface area contributed by atoms with Crippen LogP contribution in [0.2, 0.25) is 0 Å². The van der Waals surface area contributed by atoms with Crippen molar-refractivity contribution in [3.63, 3.8) is 0 Å². The molecule has 1 atom stereocenters. The van der Waals surface area contributed by atoms with E-state index in [1.165, 1.54) is 18.2 Å². The number of allylic oxidation sites excluding steroid dienone is 4. The number of thiophene rings is 1. The maximum Gasteiger partial charge on any atom is 0.220 e. The van der Waals surface area contributed by atoms with Crippen LogP contribution in [0.1, 0.15) is 5.56 Å². The zero-order valence-electron chi connectivity index (χ0n) is 9.82. The Balaban J connectivity index is 2.28. The SMILES string of the molecule is N#Cc1cc(N=NC2=CC=CC(=S(=O)=O)C2F)sc1N. The molecule has 2 rings (SSSR count). The minimum Gasteiger partial charge on any atom is -0.389 e.